The van der Waals surface area contributed by atoms with E-state index in [1.807, 2.05) is 84.9 Å². The molecule has 10 aromatic rings. The van der Waals surface area contributed by atoms with Crippen LogP contribution in [0, 0.1) is 0 Å². The van der Waals surface area contributed by atoms with E-state index in [1.54, 1.807) is 0 Å². The molecule has 0 atom stereocenters. The van der Waals surface area contributed by atoms with Gasteiger partial charge in [0.2, 0.25) is 0 Å². The zero-order chi connectivity index (χ0) is 35.8. The van der Waals surface area contributed by atoms with Crippen molar-refractivity contribution in [2.24, 2.45) is 0 Å². The van der Waals surface area contributed by atoms with Crippen molar-refractivity contribution in [3.8, 4) is 44.5 Å². The van der Waals surface area contributed by atoms with Crippen molar-refractivity contribution < 1.29 is 9.90 Å². The summed E-state index contributed by atoms with van der Waals surface area (Å²) in [6.07, 6.45) is 0. The van der Waals surface area contributed by atoms with Gasteiger partial charge in [-0.05, 0) is 107 Å². The minimum atomic E-state index is -0.0876. The highest BCUT2D eigenvalue weighted by Crippen LogP contribution is 2.44. The van der Waals surface area contributed by atoms with Crippen LogP contribution in [0.25, 0.3) is 98.8 Å². The minimum absolute atomic E-state index is 0.0755. The second-order valence-electron chi connectivity index (χ2n) is 12.5. The topological polar surface area (TPSA) is 13.1 Å². The lowest BCUT2D eigenvalue weighted by atomic mass is 9.86. The summed E-state index contributed by atoms with van der Waals surface area (Å²) in [5, 5.41) is 8.03. The maximum Gasteiger partial charge on any atom is 0.136 e. The molecular formula is C48H30O. The van der Waals surface area contributed by atoms with Crippen molar-refractivity contribution in [1.29, 1.82) is 0 Å². The quantitative estimate of drug-likeness (QED) is 0.177. The van der Waals surface area contributed by atoms with Gasteiger partial charge in [0.15, 0.2) is 0 Å². The molecule has 0 amide bonds. The van der Waals surface area contributed by atoms with Gasteiger partial charge in [-0.15, -0.1) is 0 Å². The van der Waals surface area contributed by atoms with Gasteiger partial charge in [-0.3, -0.25) is 0 Å². The van der Waals surface area contributed by atoms with Crippen LogP contribution < -0.4 is 0 Å². The summed E-state index contributed by atoms with van der Waals surface area (Å²) in [6, 6.07) is 52.8. The van der Waals surface area contributed by atoms with E-state index in [4.69, 9.17) is 4.42 Å². The van der Waals surface area contributed by atoms with E-state index in [1.165, 1.54) is 10.8 Å². The number of hydrogen-bond acceptors (Lipinski definition) is 1. The lowest BCUT2D eigenvalue weighted by Crippen LogP contribution is -1.90. The summed E-state index contributed by atoms with van der Waals surface area (Å²) in [5.74, 6) is 0. The first-order chi connectivity index (χ1) is 26.0. The molecule has 1 heterocycles. The molecule has 228 valence electrons. The fourth-order valence-corrected chi connectivity index (χ4v) is 7.38. The largest absolute Gasteiger partial charge is 0.456 e. The minimum Gasteiger partial charge on any atom is -0.456 e. The Morgan fingerprint density at radius 1 is 0.306 bits per heavy atom. The number of rotatable bonds is 4. The van der Waals surface area contributed by atoms with E-state index < -0.39 is 0 Å². The fraction of sp³-hybridized carbons (Fsp3) is 0. The van der Waals surface area contributed by atoms with Crippen LogP contribution in [0.2, 0.25) is 0 Å². The zero-order valence-electron chi connectivity index (χ0n) is 30.4. The third kappa shape index (κ3) is 4.55. The first-order valence-corrected chi connectivity index (χ1v) is 16.5. The second-order valence-corrected chi connectivity index (χ2v) is 12.5. The smallest absolute Gasteiger partial charge is 0.136 e. The summed E-state index contributed by atoms with van der Waals surface area (Å²) in [6.45, 7) is 0. The van der Waals surface area contributed by atoms with Crippen LogP contribution in [0.4, 0.5) is 0 Å². The normalized spacial score (nSPS) is 12.8. The van der Waals surface area contributed by atoms with Gasteiger partial charge >= 0.3 is 0 Å². The first kappa shape index (κ1) is 23.8. The van der Waals surface area contributed by atoms with Gasteiger partial charge in [0.1, 0.15) is 11.2 Å². The molecule has 0 fully saturated rings. The van der Waals surface area contributed by atoms with Crippen molar-refractivity contribution in [3.05, 3.63) is 182 Å². The van der Waals surface area contributed by atoms with Gasteiger partial charge in [-0.1, -0.05) is 152 Å². The van der Waals surface area contributed by atoms with Crippen LogP contribution in [-0.2, 0) is 0 Å². The molecule has 0 N–H and O–H groups in total. The SMILES string of the molecule is [2H]c1c([2H])c(-c2c3ccccc3c(-c3ccccc3)c3ccccc23)c([2H])c([2H])c1-c1ccc2c(c1)oc1ccc(-c3ccc4ccccc4c3)cc12. The Kier molecular flexibility index (Phi) is 5.38. The van der Waals surface area contributed by atoms with Gasteiger partial charge in [0.25, 0.3) is 0 Å². The third-order valence-electron chi connectivity index (χ3n) is 9.71. The summed E-state index contributed by atoms with van der Waals surface area (Å²) in [5.41, 5.74) is 7.55. The Bertz CT molecular complexity index is 3020. The van der Waals surface area contributed by atoms with Crippen LogP contribution in [0.3, 0.4) is 0 Å². The predicted molar refractivity (Wildman–Crippen MR) is 208 cm³/mol. The third-order valence-corrected chi connectivity index (χ3v) is 9.71. The van der Waals surface area contributed by atoms with Gasteiger partial charge in [-0.25, -0.2) is 0 Å². The first-order valence-electron chi connectivity index (χ1n) is 18.5. The lowest BCUT2D eigenvalue weighted by Gasteiger charge is -2.18. The highest BCUT2D eigenvalue weighted by atomic mass is 16.3. The maximum atomic E-state index is 9.42. The van der Waals surface area contributed by atoms with Crippen molar-refractivity contribution in [2.75, 3.05) is 0 Å². The monoisotopic (exact) mass is 626 g/mol. The fourth-order valence-electron chi connectivity index (χ4n) is 7.38. The number of hydrogen-bond donors (Lipinski definition) is 0. The molecule has 0 saturated heterocycles. The molecule has 0 spiro atoms. The van der Waals surface area contributed by atoms with Crippen LogP contribution in [0.5, 0.6) is 0 Å². The summed E-state index contributed by atoms with van der Waals surface area (Å²) >= 11 is 0. The summed E-state index contributed by atoms with van der Waals surface area (Å²) in [4.78, 5) is 0. The molecule has 1 aromatic heterocycles. The molecule has 0 bridgehead atoms. The van der Waals surface area contributed by atoms with Crippen molar-refractivity contribution in [2.45, 2.75) is 0 Å². The van der Waals surface area contributed by atoms with Gasteiger partial charge in [-0.2, -0.15) is 0 Å². The average molecular weight is 627 g/mol. The zero-order valence-corrected chi connectivity index (χ0v) is 26.4. The van der Waals surface area contributed by atoms with E-state index in [9.17, 15) is 5.48 Å². The molecule has 10 rings (SSSR count). The number of benzene rings is 9. The average Bonchev–Trinajstić information content (AvgIpc) is 3.57. The summed E-state index contributed by atoms with van der Waals surface area (Å²) < 4.78 is 43.8. The molecule has 0 aliphatic rings. The van der Waals surface area contributed by atoms with E-state index in [0.29, 0.717) is 22.3 Å². The highest BCUT2D eigenvalue weighted by Gasteiger charge is 2.17. The second kappa shape index (κ2) is 11.1. The molecule has 49 heavy (non-hydrogen) atoms. The lowest BCUT2D eigenvalue weighted by molar-refractivity contribution is 0.669. The standard InChI is InChI=1S/C48H30O/c1-2-11-33(12-3-1)47-40-14-6-8-16-42(40)48(43-17-9-7-15-41(43)47)34-21-18-32(19-22-34)38-24-26-39-44-29-37(25-27-45(44)49-46(39)30-38)36-23-20-31-10-4-5-13-35(31)28-36/h1-30H/i18D,19D,21D,22D. The molecule has 0 radical (unpaired) electrons. The highest BCUT2D eigenvalue weighted by molar-refractivity contribution is 6.21. The number of fused-ring (bicyclic) bond motifs is 6. The Morgan fingerprint density at radius 3 is 1.55 bits per heavy atom. The predicted octanol–water partition coefficient (Wildman–Crippen LogP) is 13.7. The van der Waals surface area contributed by atoms with Gasteiger partial charge in [0.05, 0.1) is 5.48 Å². The van der Waals surface area contributed by atoms with Crippen LogP contribution in [-0.4, -0.2) is 0 Å². The molecule has 1 heteroatoms. The van der Waals surface area contributed by atoms with E-state index in [0.717, 1.165) is 60.2 Å². The molecule has 9 aromatic carbocycles. The molecule has 0 saturated carbocycles. The van der Waals surface area contributed by atoms with E-state index in [2.05, 4.69) is 72.8 Å². The van der Waals surface area contributed by atoms with Gasteiger partial charge < -0.3 is 4.42 Å². The summed E-state index contributed by atoms with van der Waals surface area (Å²) in [7, 11) is 0. The van der Waals surface area contributed by atoms with E-state index >= 15 is 0 Å². The Hall–Kier alpha value is -6.44. The van der Waals surface area contributed by atoms with Crippen LogP contribution in [0.15, 0.2) is 186 Å². The molecule has 0 aliphatic heterocycles. The molecule has 0 unspecified atom stereocenters. The van der Waals surface area contributed by atoms with Crippen LogP contribution >= 0.6 is 0 Å². The molecule has 1 nitrogen and oxygen atoms in total. The Labute approximate surface area is 289 Å². The molecule has 0 aliphatic carbocycles. The van der Waals surface area contributed by atoms with Crippen LogP contribution in [0.1, 0.15) is 5.48 Å². The Balaban J connectivity index is 1.13. The van der Waals surface area contributed by atoms with E-state index in [-0.39, 0.29) is 29.7 Å². The van der Waals surface area contributed by atoms with Crippen molar-refractivity contribution >= 4 is 54.3 Å². The van der Waals surface area contributed by atoms with Crippen molar-refractivity contribution in [1.82, 2.24) is 0 Å². The molecular weight excluding hydrogens is 593 g/mol. The maximum absolute atomic E-state index is 9.42. The Morgan fingerprint density at radius 2 is 0.837 bits per heavy atom. The van der Waals surface area contributed by atoms with Crippen molar-refractivity contribution in [3.63, 3.8) is 0 Å². The number of furan rings is 1. The van der Waals surface area contributed by atoms with Gasteiger partial charge in [0, 0.05) is 10.8 Å².